The van der Waals surface area contributed by atoms with Crippen LogP contribution in [-0.2, 0) is 0 Å². The molecule has 2 aromatic carbocycles. The summed E-state index contributed by atoms with van der Waals surface area (Å²) in [5.41, 5.74) is 0.556. The lowest BCUT2D eigenvalue weighted by atomic mass is 9.69. The predicted molar refractivity (Wildman–Crippen MR) is 118 cm³/mol. The maximum atomic E-state index is 14.9. The summed E-state index contributed by atoms with van der Waals surface area (Å²) in [5.74, 6) is -3.72. The molecule has 0 saturated heterocycles. The van der Waals surface area contributed by atoms with Gasteiger partial charge in [0, 0.05) is 11.6 Å². The van der Waals surface area contributed by atoms with Crippen molar-refractivity contribution in [2.75, 3.05) is 0 Å². The average Bonchev–Trinajstić information content (AvgIpc) is 2.81. The molecule has 0 aliphatic heterocycles. The van der Waals surface area contributed by atoms with E-state index in [4.69, 9.17) is 0 Å². The van der Waals surface area contributed by atoms with Crippen LogP contribution in [0.5, 0.6) is 5.75 Å². The summed E-state index contributed by atoms with van der Waals surface area (Å²) < 4.78 is 83.5. The first kappa shape index (κ1) is 24.6. The van der Waals surface area contributed by atoms with Gasteiger partial charge in [-0.15, -0.1) is 13.2 Å². The van der Waals surface area contributed by atoms with E-state index in [9.17, 15) is 26.3 Å². The second-order valence-corrected chi connectivity index (χ2v) is 9.42. The molecule has 2 aromatic rings. The van der Waals surface area contributed by atoms with E-state index in [2.05, 4.69) is 16.4 Å². The summed E-state index contributed by atoms with van der Waals surface area (Å²) in [7, 11) is 0. The lowest BCUT2D eigenvalue weighted by Crippen LogP contribution is -2.26. The van der Waals surface area contributed by atoms with Gasteiger partial charge in [0.25, 0.3) is 0 Å². The van der Waals surface area contributed by atoms with Crippen molar-refractivity contribution in [1.82, 2.24) is 0 Å². The maximum absolute atomic E-state index is 14.9. The van der Waals surface area contributed by atoms with Crippen LogP contribution >= 0.6 is 0 Å². The minimum atomic E-state index is -5.24. The molecule has 184 valence electrons. The van der Waals surface area contributed by atoms with Crippen LogP contribution in [0.25, 0.3) is 11.1 Å². The number of hydrogen-bond acceptors (Lipinski definition) is 2. The predicted octanol–water partition coefficient (Wildman–Crippen LogP) is 8.20. The zero-order chi connectivity index (χ0) is 24.5. The molecule has 34 heavy (non-hydrogen) atoms. The minimum absolute atomic E-state index is 0.0821. The first-order valence-electron chi connectivity index (χ1n) is 11.6. The van der Waals surface area contributed by atoms with Crippen molar-refractivity contribution in [3.05, 3.63) is 53.3 Å². The van der Waals surface area contributed by atoms with Crippen molar-refractivity contribution in [3.63, 3.8) is 0 Å². The van der Waals surface area contributed by atoms with E-state index >= 15 is 0 Å². The number of rotatable bonds is 5. The molecule has 0 aromatic heterocycles. The third-order valence-corrected chi connectivity index (χ3v) is 7.43. The monoisotopic (exact) mass is 483 g/mol. The summed E-state index contributed by atoms with van der Waals surface area (Å²) in [6, 6.07) is 6.22. The number of nitrogens with zero attached hydrogens (tertiary/aromatic N) is 1. The molecule has 0 spiro atoms. The molecule has 4 rings (SSSR count). The fourth-order valence-electron chi connectivity index (χ4n) is 5.63. The summed E-state index contributed by atoms with van der Waals surface area (Å²) in [5, 5.41) is 0. The molecule has 8 heteroatoms. The molecule has 0 radical (unpaired) electrons. The van der Waals surface area contributed by atoms with Gasteiger partial charge in [0.1, 0.15) is 5.82 Å². The number of hydrogen-bond donors (Lipinski definition) is 0. The van der Waals surface area contributed by atoms with E-state index in [0.717, 1.165) is 44.1 Å². The van der Waals surface area contributed by atoms with Gasteiger partial charge in [0.2, 0.25) is 5.75 Å². The molecule has 2 aliphatic carbocycles. The highest BCUT2D eigenvalue weighted by Gasteiger charge is 2.34. The lowest BCUT2D eigenvalue weighted by molar-refractivity contribution is -0.276. The number of benzene rings is 2. The molecular formula is C26H27F6NO. The SMILES string of the molecule is C=NC1CCC(C2CCC(c3ccc(-c4cc(F)c(OC(F)(F)F)c(F)c4)c(F)c3)CC2)CC1. The van der Waals surface area contributed by atoms with E-state index in [-0.39, 0.29) is 17.0 Å². The Labute approximate surface area is 195 Å². The van der Waals surface area contributed by atoms with Gasteiger partial charge in [0.15, 0.2) is 11.6 Å². The summed E-state index contributed by atoms with van der Waals surface area (Å²) in [6.07, 6.45) is 3.41. The zero-order valence-corrected chi connectivity index (χ0v) is 18.7. The van der Waals surface area contributed by atoms with Crippen LogP contribution in [-0.4, -0.2) is 19.1 Å². The number of alkyl halides is 3. The molecular weight excluding hydrogens is 456 g/mol. The van der Waals surface area contributed by atoms with Gasteiger partial charge in [-0.1, -0.05) is 12.1 Å². The second kappa shape index (κ2) is 10.0. The summed E-state index contributed by atoms with van der Waals surface area (Å²) in [6.45, 7) is 3.66. The zero-order valence-electron chi connectivity index (χ0n) is 18.7. The smallest absolute Gasteiger partial charge is 0.399 e. The van der Waals surface area contributed by atoms with Gasteiger partial charge in [-0.05, 0) is 105 Å². The summed E-state index contributed by atoms with van der Waals surface area (Å²) >= 11 is 0. The fraction of sp³-hybridized carbons (Fsp3) is 0.500. The van der Waals surface area contributed by atoms with Crippen molar-refractivity contribution in [3.8, 4) is 16.9 Å². The van der Waals surface area contributed by atoms with E-state index < -0.39 is 29.6 Å². The highest BCUT2D eigenvalue weighted by Crippen LogP contribution is 2.44. The molecule has 0 unspecified atom stereocenters. The van der Waals surface area contributed by atoms with Crippen LogP contribution in [0.4, 0.5) is 26.3 Å². The lowest BCUT2D eigenvalue weighted by Gasteiger charge is -2.37. The van der Waals surface area contributed by atoms with Crippen molar-refractivity contribution in [2.45, 2.75) is 69.7 Å². The van der Waals surface area contributed by atoms with Crippen LogP contribution in [0.15, 0.2) is 35.3 Å². The molecule has 2 aliphatic rings. The van der Waals surface area contributed by atoms with Crippen molar-refractivity contribution >= 4 is 6.72 Å². The Morgan fingerprint density at radius 3 is 1.82 bits per heavy atom. The average molecular weight is 483 g/mol. The number of halogens is 6. The molecule has 0 N–H and O–H groups in total. The van der Waals surface area contributed by atoms with Crippen molar-refractivity contribution < 1.29 is 31.1 Å². The Morgan fingerprint density at radius 2 is 1.32 bits per heavy atom. The molecule has 0 heterocycles. The maximum Gasteiger partial charge on any atom is 0.573 e. The normalized spacial score (nSPS) is 25.7. The van der Waals surface area contributed by atoms with Gasteiger partial charge in [0.05, 0.1) is 0 Å². The molecule has 2 fully saturated rings. The van der Waals surface area contributed by atoms with Crippen LogP contribution in [0.2, 0.25) is 0 Å². The third kappa shape index (κ3) is 5.58. The number of ether oxygens (including phenoxy) is 1. The van der Waals surface area contributed by atoms with E-state index in [1.807, 2.05) is 0 Å². The largest absolute Gasteiger partial charge is 0.573 e. The Balaban J connectivity index is 1.43. The Morgan fingerprint density at radius 1 is 0.765 bits per heavy atom. The van der Waals surface area contributed by atoms with Gasteiger partial charge < -0.3 is 4.74 Å². The molecule has 0 atom stereocenters. The van der Waals surface area contributed by atoms with Crippen molar-refractivity contribution in [2.24, 2.45) is 16.8 Å². The Hall–Kier alpha value is -2.51. The molecule has 0 amide bonds. The quantitative estimate of drug-likeness (QED) is 0.310. The van der Waals surface area contributed by atoms with Crippen LogP contribution in [0.3, 0.4) is 0 Å². The highest BCUT2D eigenvalue weighted by atomic mass is 19.4. The van der Waals surface area contributed by atoms with Crippen LogP contribution in [0, 0.1) is 29.3 Å². The first-order valence-corrected chi connectivity index (χ1v) is 11.6. The number of aliphatic imine (C=N–C) groups is 1. The standard InChI is InChI=1S/C26H27F6NO/c1-33-20-9-6-16(7-10-20)15-2-4-17(5-3-15)18-8-11-21(22(27)12-18)19-13-23(28)25(24(29)14-19)34-26(30,31)32/h8,11-17,20H,1-7,9-10H2. The topological polar surface area (TPSA) is 21.6 Å². The first-order chi connectivity index (χ1) is 16.1. The van der Waals surface area contributed by atoms with Crippen LogP contribution < -0.4 is 4.74 Å². The van der Waals surface area contributed by atoms with Crippen LogP contribution in [0.1, 0.15) is 62.8 Å². The molecule has 2 nitrogen and oxygen atoms in total. The van der Waals surface area contributed by atoms with E-state index in [1.165, 1.54) is 25.0 Å². The second-order valence-electron chi connectivity index (χ2n) is 9.42. The Kier molecular flexibility index (Phi) is 7.24. The molecule has 0 bridgehead atoms. The summed E-state index contributed by atoms with van der Waals surface area (Å²) in [4.78, 5) is 4.17. The van der Waals surface area contributed by atoms with Gasteiger partial charge in [-0.25, -0.2) is 13.2 Å². The minimum Gasteiger partial charge on any atom is -0.399 e. The molecule has 2 saturated carbocycles. The Bertz CT molecular complexity index is 997. The van der Waals surface area contributed by atoms with Gasteiger partial charge in [-0.3, -0.25) is 4.99 Å². The van der Waals surface area contributed by atoms with Gasteiger partial charge >= 0.3 is 6.36 Å². The van der Waals surface area contributed by atoms with E-state index in [0.29, 0.717) is 30.0 Å². The highest BCUT2D eigenvalue weighted by molar-refractivity contribution is 5.66. The third-order valence-electron chi connectivity index (χ3n) is 7.43. The van der Waals surface area contributed by atoms with Crippen molar-refractivity contribution in [1.29, 1.82) is 0 Å². The van der Waals surface area contributed by atoms with Gasteiger partial charge in [-0.2, -0.15) is 0 Å². The van der Waals surface area contributed by atoms with E-state index in [1.54, 1.807) is 6.07 Å². The fourth-order valence-corrected chi connectivity index (χ4v) is 5.63.